The molecule has 0 spiro atoms. The smallest absolute Gasteiger partial charge is 0.0948 e. The molecule has 2 aromatic rings. The fourth-order valence-corrected chi connectivity index (χ4v) is 4.01. The summed E-state index contributed by atoms with van der Waals surface area (Å²) < 4.78 is 0.992. The summed E-state index contributed by atoms with van der Waals surface area (Å²) in [5.74, 6) is 0. The molecule has 1 aliphatic rings. The van der Waals surface area contributed by atoms with E-state index in [-0.39, 0.29) is 0 Å². The van der Waals surface area contributed by atoms with Crippen molar-refractivity contribution < 1.29 is 0 Å². The van der Waals surface area contributed by atoms with Gasteiger partial charge in [0.05, 0.1) is 15.7 Å². The van der Waals surface area contributed by atoms with Crippen LogP contribution in [0, 0.1) is 0 Å². The van der Waals surface area contributed by atoms with Gasteiger partial charge in [-0.05, 0) is 31.5 Å². The van der Waals surface area contributed by atoms with E-state index in [2.05, 4.69) is 26.6 Å². The van der Waals surface area contributed by atoms with Crippen molar-refractivity contribution in [2.24, 2.45) is 0 Å². The van der Waals surface area contributed by atoms with E-state index >= 15 is 0 Å². The molecule has 1 aliphatic heterocycles. The average Bonchev–Trinajstić information content (AvgIpc) is 3.01. The lowest BCUT2D eigenvalue weighted by Crippen LogP contribution is -2.23. The third kappa shape index (κ3) is 3.19. The van der Waals surface area contributed by atoms with Crippen molar-refractivity contribution in [3.8, 4) is 11.3 Å². The molecule has 0 radical (unpaired) electrons. The van der Waals surface area contributed by atoms with Gasteiger partial charge in [0.25, 0.3) is 0 Å². The molecule has 1 fully saturated rings. The number of hydrogen-bond donors (Lipinski definition) is 1. The molecular weight excluding hydrogens is 344 g/mol. The molecule has 1 unspecified atom stereocenters. The van der Waals surface area contributed by atoms with Crippen LogP contribution in [0.2, 0.25) is 5.02 Å². The monoisotopic (exact) mass is 356 g/mol. The molecular formula is C14H14BrClN2S. The zero-order chi connectivity index (χ0) is 13.2. The third-order valence-electron chi connectivity index (χ3n) is 3.34. The van der Waals surface area contributed by atoms with Crippen LogP contribution >= 0.6 is 38.9 Å². The lowest BCUT2D eigenvalue weighted by Gasteiger charge is -2.06. The normalized spacial score (nSPS) is 18.9. The van der Waals surface area contributed by atoms with Crippen molar-refractivity contribution in [1.82, 2.24) is 10.3 Å². The predicted molar refractivity (Wildman–Crippen MR) is 85.0 cm³/mol. The van der Waals surface area contributed by atoms with Crippen molar-refractivity contribution in [3.63, 3.8) is 0 Å². The first kappa shape index (κ1) is 13.6. The Morgan fingerprint density at radius 1 is 1.47 bits per heavy atom. The van der Waals surface area contributed by atoms with Crippen LogP contribution in [-0.2, 0) is 6.42 Å². The molecule has 3 rings (SSSR count). The van der Waals surface area contributed by atoms with Crippen LogP contribution in [-0.4, -0.2) is 17.6 Å². The van der Waals surface area contributed by atoms with Crippen LogP contribution in [0.3, 0.4) is 0 Å². The Morgan fingerprint density at radius 2 is 2.37 bits per heavy atom. The zero-order valence-corrected chi connectivity index (χ0v) is 13.5. The fraction of sp³-hybridized carbons (Fsp3) is 0.357. The van der Waals surface area contributed by atoms with Crippen LogP contribution in [0.1, 0.15) is 17.8 Å². The van der Waals surface area contributed by atoms with Crippen molar-refractivity contribution in [2.45, 2.75) is 25.3 Å². The third-order valence-corrected chi connectivity index (χ3v) is 5.02. The lowest BCUT2D eigenvalue weighted by molar-refractivity contribution is 0.601. The van der Waals surface area contributed by atoms with Crippen molar-refractivity contribution >= 4 is 38.9 Å². The van der Waals surface area contributed by atoms with E-state index < -0.39 is 0 Å². The summed E-state index contributed by atoms with van der Waals surface area (Å²) >= 11 is 11.4. The molecule has 0 amide bonds. The quantitative estimate of drug-likeness (QED) is 0.873. The molecule has 2 nitrogen and oxygen atoms in total. The van der Waals surface area contributed by atoms with Gasteiger partial charge in [-0.2, -0.15) is 0 Å². The topological polar surface area (TPSA) is 24.9 Å². The van der Waals surface area contributed by atoms with Crippen LogP contribution in [0.5, 0.6) is 0 Å². The van der Waals surface area contributed by atoms with Gasteiger partial charge in [-0.1, -0.05) is 33.6 Å². The summed E-state index contributed by atoms with van der Waals surface area (Å²) in [5, 5.41) is 7.53. The minimum atomic E-state index is 0.597. The number of nitrogens with zero attached hydrogens (tertiary/aromatic N) is 1. The highest BCUT2D eigenvalue weighted by atomic mass is 79.9. The number of nitrogens with one attached hydrogen (secondary N) is 1. The second kappa shape index (κ2) is 5.92. The van der Waals surface area contributed by atoms with E-state index in [9.17, 15) is 0 Å². The maximum atomic E-state index is 6.27. The molecule has 100 valence electrons. The van der Waals surface area contributed by atoms with Crippen LogP contribution in [0.25, 0.3) is 11.3 Å². The van der Waals surface area contributed by atoms with E-state index in [1.165, 1.54) is 17.8 Å². The van der Waals surface area contributed by atoms with Crippen LogP contribution in [0.4, 0.5) is 0 Å². The van der Waals surface area contributed by atoms with Crippen LogP contribution in [0.15, 0.2) is 28.1 Å². The molecule has 1 N–H and O–H groups in total. The van der Waals surface area contributed by atoms with Crippen LogP contribution < -0.4 is 5.32 Å². The first-order chi connectivity index (χ1) is 9.22. The molecule has 2 heterocycles. The molecule has 1 aromatic heterocycles. The Kier molecular flexibility index (Phi) is 4.22. The number of halogens is 2. The number of aromatic nitrogens is 1. The summed E-state index contributed by atoms with van der Waals surface area (Å²) in [6.45, 7) is 1.14. The minimum Gasteiger partial charge on any atom is -0.314 e. The average molecular weight is 358 g/mol. The number of rotatable bonds is 3. The highest BCUT2D eigenvalue weighted by Crippen LogP contribution is 2.31. The van der Waals surface area contributed by atoms with Gasteiger partial charge in [0.2, 0.25) is 0 Å². The largest absolute Gasteiger partial charge is 0.314 e. The minimum absolute atomic E-state index is 0.597. The van der Waals surface area contributed by atoms with Gasteiger partial charge in [-0.25, -0.2) is 4.98 Å². The van der Waals surface area contributed by atoms with Gasteiger partial charge >= 0.3 is 0 Å². The van der Waals surface area contributed by atoms with E-state index in [4.69, 9.17) is 16.6 Å². The van der Waals surface area contributed by atoms with E-state index in [0.717, 1.165) is 33.7 Å². The number of thiazole rings is 1. The number of hydrogen-bond acceptors (Lipinski definition) is 3. The highest BCUT2D eigenvalue weighted by molar-refractivity contribution is 9.10. The second-order valence-electron chi connectivity index (χ2n) is 4.75. The predicted octanol–water partition coefficient (Wildman–Crippen LogP) is 4.52. The molecule has 1 saturated heterocycles. The van der Waals surface area contributed by atoms with Gasteiger partial charge in [0.15, 0.2) is 0 Å². The molecule has 19 heavy (non-hydrogen) atoms. The fourth-order valence-electron chi connectivity index (χ4n) is 2.37. The standard InChI is InChI=1S/C14H14BrClN2S/c15-9-3-4-11(12(16)6-9)13-8-19-14(18-13)7-10-2-1-5-17-10/h3-4,6,8,10,17H,1-2,5,7H2. The van der Waals surface area contributed by atoms with Crippen molar-refractivity contribution in [3.05, 3.63) is 38.1 Å². The first-order valence-electron chi connectivity index (χ1n) is 6.35. The summed E-state index contributed by atoms with van der Waals surface area (Å²) in [6.07, 6.45) is 3.56. The molecule has 1 aromatic carbocycles. The Balaban J connectivity index is 1.80. The van der Waals surface area contributed by atoms with Crippen molar-refractivity contribution in [2.75, 3.05) is 6.54 Å². The first-order valence-corrected chi connectivity index (χ1v) is 8.40. The van der Waals surface area contributed by atoms with Gasteiger partial charge < -0.3 is 5.32 Å². The van der Waals surface area contributed by atoms with Gasteiger partial charge in [-0.3, -0.25) is 0 Å². The van der Waals surface area contributed by atoms with E-state index in [1.54, 1.807) is 11.3 Å². The highest BCUT2D eigenvalue weighted by Gasteiger charge is 2.17. The van der Waals surface area contributed by atoms with Gasteiger partial charge in [-0.15, -0.1) is 11.3 Å². The van der Waals surface area contributed by atoms with Crippen molar-refractivity contribution in [1.29, 1.82) is 0 Å². The summed E-state index contributed by atoms with van der Waals surface area (Å²) in [6, 6.07) is 6.52. The zero-order valence-electron chi connectivity index (χ0n) is 10.3. The maximum absolute atomic E-state index is 6.27. The molecule has 0 bridgehead atoms. The molecule has 1 atom stereocenters. The molecule has 5 heteroatoms. The summed E-state index contributed by atoms with van der Waals surface area (Å²) in [7, 11) is 0. The van der Waals surface area contributed by atoms with Gasteiger partial charge in [0, 0.05) is 27.9 Å². The summed E-state index contributed by atoms with van der Waals surface area (Å²) in [5.41, 5.74) is 1.99. The molecule has 0 saturated carbocycles. The maximum Gasteiger partial charge on any atom is 0.0948 e. The lowest BCUT2D eigenvalue weighted by atomic mass is 10.1. The Hall–Kier alpha value is -0.420. The van der Waals surface area contributed by atoms with E-state index in [1.807, 2.05) is 18.2 Å². The Bertz CT molecular complexity index is 579. The summed E-state index contributed by atoms with van der Waals surface area (Å²) in [4.78, 5) is 4.71. The number of benzene rings is 1. The second-order valence-corrected chi connectivity index (χ2v) is 7.01. The SMILES string of the molecule is Clc1cc(Br)ccc1-c1csc(CC2CCCN2)n1. The molecule has 0 aliphatic carbocycles. The van der Waals surface area contributed by atoms with E-state index in [0.29, 0.717) is 6.04 Å². The Morgan fingerprint density at radius 3 is 3.11 bits per heavy atom. The Labute approximate surface area is 130 Å². The van der Waals surface area contributed by atoms with Gasteiger partial charge in [0.1, 0.15) is 0 Å².